The predicted octanol–water partition coefficient (Wildman–Crippen LogP) is 2.43. The van der Waals surface area contributed by atoms with Crippen molar-refractivity contribution < 1.29 is 14.1 Å². The van der Waals surface area contributed by atoms with E-state index in [4.69, 9.17) is 9.15 Å². The fourth-order valence-corrected chi connectivity index (χ4v) is 1.59. The minimum absolute atomic E-state index is 0.0253. The minimum Gasteiger partial charge on any atom is -0.483 e. The number of nitrogens with zero attached hydrogens (tertiary/aromatic N) is 3. The van der Waals surface area contributed by atoms with E-state index in [9.17, 15) is 10.1 Å². The number of rotatable bonds is 5. The van der Waals surface area contributed by atoms with Gasteiger partial charge >= 0.3 is 0 Å². The molecule has 1 aromatic heterocycles. The number of ether oxygens (including phenoxy) is 1. The number of nitro groups is 1. The van der Waals surface area contributed by atoms with E-state index in [-0.39, 0.29) is 12.3 Å². The lowest BCUT2D eigenvalue weighted by Crippen LogP contribution is -1.99. The number of benzene rings is 1. The summed E-state index contributed by atoms with van der Waals surface area (Å²) in [5.41, 5.74) is 0.500. The highest BCUT2D eigenvalue weighted by atomic mass is 16.6. The molecule has 0 N–H and O–H groups in total. The molecule has 0 amide bonds. The summed E-state index contributed by atoms with van der Waals surface area (Å²) in [4.78, 5) is 10.4. The van der Waals surface area contributed by atoms with Crippen LogP contribution in [0.2, 0.25) is 0 Å². The molecule has 0 saturated heterocycles. The van der Waals surface area contributed by atoms with Crippen LogP contribution in [0.25, 0.3) is 0 Å². The van der Waals surface area contributed by atoms with Crippen molar-refractivity contribution in [1.29, 1.82) is 0 Å². The number of hydrogen-bond donors (Lipinski definition) is 0. The number of hydrogen-bond acceptors (Lipinski definition) is 6. The SMILES string of the molecule is CCc1nnc(COc2cccc([N+](=O)[O-])c2C)o1. The fourth-order valence-electron chi connectivity index (χ4n) is 1.59. The van der Waals surface area contributed by atoms with Crippen molar-refractivity contribution in [2.75, 3.05) is 0 Å². The summed E-state index contributed by atoms with van der Waals surface area (Å²) in [6, 6.07) is 4.68. The Morgan fingerprint density at radius 3 is 2.74 bits per heavy atom. The summed E-state index contributed by atoms with van der Waals surface area (Å²) in [5.74, 6) is 1.32. The van der Waals surface area contributed by atoms with Crippen LogP contribution in [0.5, 0.6) is 5.75 Å². The third-order valence-corrected chi connectivity index (χ3v) is 2.61. The second-order valence-electron chi connectivity index (χ2n) is 3.89. The van der Waals surface area contributed by atoms with E-state index in [1.54, 1.807) is 19.1 Å². The van der Waals surface area contributed by atoms with Crippen LogP contribution in [0.3, 0.4) is 0 Å². The maximum atomic E-state index is 10.8. The van der Waals surface area contributed by atoms with Crippen LogP contribution < -0.4 is 4.74 Å². The Morgan fingerprint density at radius 2 is 2.11 bits per heavy atom. The highest BCUT2D eigenvalue weighted by molar-refractivity contribution is 5.48. The van der Waals surface area contributed by atoms with Crippen molar-refractivity contribution in [3.8, 4) is 5.75 Å². The van der Waals surface area contributed by atoms with E-state index in [0.717, 1.165) is 0 Å². The third-order valence-electron chi connectivity index (χ3n) is 2.61. The zero-order valence-electron chi connectivity index (χ0n) is 10.6. The molecular weight excluding hydrogens is 250 g/mol. The Kier molecular flexibility index (Phi) is 3.74. The van der Waals surface area contributed by atoms with Crippen LogP contribution >= 0.6 is 0 Å². The molecule has 0 saturated carbocycles. The summed E-state index contributed by atoms with van der Waals surface area (Å²) in [5, 5.41) is 18.4. The second kappa shape index (κ2) is 5.47. The summed E-state index contributed by atoms with van der Waals surface area (Å²) in [6.07, 6.45) is 0.656. The quantitative estimate of drug-likeness (QED) is 0.607. The fraction of sp³-hybridized carbons (Fsp3) is 0.333. The minimum atomic E-state index is -0.440. The van der Waals surface area contributed by atoms with E-state index in [2.05, 4.69) is 10.2 Å². The average Bonchev–Trinajstić information content (AvgIpc) is 2.85. The largest absolute Gasteiger partial charge is 0.483 e. The van der Waals surface area contributed by atoms with Crippen molar-refractivity contribution in [2.45, 2.75) is 26.9 Å². The van der Waals surface area contributed by atoms with Gasteiger partial charge < -0.3 is 9.15 Å². The van der Waals surface area contributed by atoms with Gasteiger partial charge in [-0.3, -0.25) is 10.1 Å². The van der Waals surface area contributed by atoms with Gasteiger partial charge in [-0.25, -0.2) is 0 Å². The zero-order chi connectivity index (χ0) is 13.8. The molecule has 0 aliphatic heterocycles. The first kappa shape index (κ1) is 13.0. The number of nitro benzene ring substituents is 1. The van der Waals surface area contributed by atoms with Crippen molar-refractivity contribution in [1.82, 2.24) is 10.2 Å². The van der Waals surface area contributed by atoms with E-state index in [1.165, 1.54) is 6.07 Å². The van der Waals surface area contributed by atoms with Gasteiger partial charge in [-0.1, -0.05) is 13.0 Å². The zero-order valence-corrected chi connectivity index (χ0v) is 10.6. The normalized spacial score (nSPS) is 10.4. The summed E-state index contributed by atoms with van der Waals surface area (Å²) >= 11 is 0. The van der Waals surface area contributed by atoms with Gasteiger partial charge in [0.25, 0.3) is 11.6 Å². The Morgan fingerprint density at radius 1 is 1.37 bits per heavy atom. The smallest absolute Gasteiger partial charge is 0.276 e. The molecule has 0 spiro atoms. The van der Waals surface area contributed by atoms with Crippen LogP contribution in [0.15, 0.2) is 22.6 Å². The molecule has 7 heteroatoms. The van der Waals surface area contributed by atoms with E-state index in [0.29, 0.717) is 29.5 Å². The maximum Gasteiger partial charge on any atom is 0.276 e. The molecule has 2 rings (SSSR count). The van der Waals surface area contributed by atoms with Crippen molar-refractivity contribution in [3.05, 3.63) is 45.7 Å². The Balaban J connectivity index is 2.11. The van der Waals surface area contributed by atoms with Gasteiger partial charge in [0.2, 0.25) is 5.89 Å². The predicted molar refractivity (Wildman–Crippen MR) is 65.8 cm³/mol. The molecule has 1 aromatic carbocycles. The second-order valence-corrected chi connectivity index (χ2v) is 3.89. The topological polar surface area (TPSA) is 91.3 Å². The third kappa shape index (κ3) is 2.87. The van der Waals surface area contributed by atoms with Gasteiger partial charge in [-0.05, 0) is 13.0 Å². The van der Waals surface area contributed by atoms with Gasteiger partial charge in [-0.2, -0.15) is 0 Å². The molecule has 1 heterocycles. The van der Waals surface area contributed by atoms with Crippen LogP contribution in [-0.4, -0.2) is 15.1 Å². The lowest BCUT2D eigenvalue weighted by Gasteiger charge is -2.06. The standard InChI is InChI=1S/C12H13N3O4/c1-3-11-13-14-12(19-11)7-18-10-6-4-5-9(8(10)2)15(16)17/h4-6H,3,7H2,1-2H3. The first-order valence-electron chi connectivity index (χ1n) is 5.80. The average molecular weight is 263 g/mol. The van der Waals surface area contributed by atoms with Crippen LogP contribution in [0.4, 0.5) is 5.69 Å². The van der Waals surface area contributed by atoms with Crippen molar-refractivity contribution >= 4 is 5.69 Å². The first-order valence-corrected chi connectivity index (χ1v) is 5.80. The monoisotopic (exact) mass is 263 g/mol. The summed E-state index contributed by atoms with van der Waals surface area (Å²) < 4.78 is 10.8. The Hall–Kier alpha value is -2.44. The molecule has 0 aliphatic rings. The Labute approximate surface area is 109 Å². The molecule has 0 atom stereocenters. The van der Waals surface area contributed by atoms with Gasteiger partial charge in [0.05, 0.1) is 10.5 Å². The molecule has 0 radical (unpaired) electrons. The van der Waals surface area contributed by atoms with Crippen molar-refractivity contribution in [3.63, 3.8) is 0 Å². The van der Waals surface area contributed by atoms with Gasteiger partial charge in [0.1, 0.15) is 5.75 Å². The van der Waals surface area contributed by atoms with Crippen LogP contribution in [0, 0.1) is 17.0 Å². The Bertz CT molecular complexity index is 594. The maximum absolute atomic E-state index is 10.8. The molecule has 0 aliphatic carbocycles. The molecule has 0 unspecified atom stereocenters. The molecular formula is C12H13N3O4. The molecule has 19 heavy (non-hydrogen) atoms. The van der Waals surface area contributed by atoms with E-state index >= 15 is 0 Å². The lowest BCUT2D eigenvalue weighted by molar-refractivity contribution is -0.385. The number of aryl methyl sites for hydroxylation is 1. The lowest BCUT2D eigenvalue weighted by atomic mass is 10.2. The van der Waals surface area contributed by atoms with E-state index < -0.39 is 4.92 Å². The molecule has 0 bridgehead atoms. The highest BCUT2D eigenvalue weighted by Gasteiger charge is 2.15. The summed E-state index contributed by atoms with van der Waals surface area (Å²) in [6.45, 7) is 3.64. The van der Waals surface area contributed by atoms with Crippen LogP contribution in [-0.2, 0) is 13.0 Å². The summed E-state index contributed by atoms with van der Waals surface area (Å²) in [7, 11) is 0. The first-order chi connectivity index (χ1) is 9.11. The molecule has 0 fully saturated rings. The number of aromatic nitrogens is 2. The van der Waals surface area contributed by atoms with E-state index in [1.807, 2.05) is 6.92 Å². The van der Waals surface area contributed by atoms with Crippen molar-refractivity contribution in [2.24, 2.45) is 0 Å². The van der Waals surface area contributed by atoms with Gasteiger partial charge in [-0.15, -0.1) is 10.2 Å². The van der Waals surface area contributed by atoms with Crippen LogP contribution in [0.1, 0.15) is 24.3 Å². The highest BCUT2D eigenvalue weighted by Crippen LogP contribution is 2.27. The molecule has 7 nitrogen and oxygen atoms in total. The van der Waals surface area contributed by atoms with Gasteiger partial charge in [0, 0.05) is 12.5 Å². The molecule has 2 aromatic rings. The molecule has 100 valence electrons. The van der Waals surface area contributed by atoms with Gasteiger partial charge in [0.15, 0.2) is 6.61 Å².